The second-order valence-electron chi connectivity index (χ2n) is 8.32. The number of benzene rings is 3. The Morgan fingerprint density at radius 3 is 1.94 bits per heavy atom. The summed E-state index contributed by atoms with van der Waals surface area (Å²) >= 11 is 1.35. The molecule has 2 unspecified atom stereocenters. The van der Waals surface area contributed by atoms with Crippen LogP contribution in [-0.4, -0.2) is 41.7 Å². The average molecular weight is 504 g/mol. The van der Waals surface area contributed by atoms with Gasteiger partial charge in [-0.15, -0.1) is 0 Å². The third-order valence-electron chi connectivity index (χ3n) is 5.69. The fourth-order valence-corrected chi connectivity index (χ4v) is 4.91. The Hall–Kier alpha value is -3.78. The highest BCUT2D eigenvalue weighted by molar-refractivity contribution is 7.99. The van der Waals surface area contributed by atoms with Gasteiger partial charge in [0.2, 0.25) is 0 Å². The molecule has 0 aromatic heterocycles. The van der Waals surface area contributed by atoms with Gasteiger partial charge in [0, 0.05) is 9.81 Å². The van der Waals surface area contributed by atoms with Crippen molar-refractivity contribution < 1.29 is 23.8 Å². The van der Waals surface area contributed by atoms with Crippen LogP contribution in [0, 0.1) is 6.92 Å². The maximum atomic E-state index is 13.0. The first kappa shape index (κ1) is 25.3. The molecule has 0 bridgehead atoms. The lowest BCUT2D eigenvalue weighted by Gasteiger charge is -2.25. The number of hydrogen-bond acceptors (Lipinski definition) is 7. The van der Waals surface area contributed by atoms with E-state index in [0.717, 1.165) is 10.5 Å². The minimum Gasteiger partial charge on any atom is -0.452 e. The molecule has 1 fully saturated rings. The quantitative estimate of drug-likeness (QED) is 0.162. The van der Waals surface area contributed by atoms with Gasteiger partial charge >= 0.3 is 11.9 Å². The molecule has 5 atom stereocenters. The number of carbonyl (C=O) groups excluding carboxylic acids is 2. The van der Waals surface area contributed by atoms with E-state index in [1.165, 1.54) is 11.8 Å². The molecule has 184 valence electrons. The van der Waals surface area contributed by atoms with Crippen molar-refractivity contribution in [3.63, 3.8) is 0 Å². The molecule has 9 heteroatoms. The summed E-state index contributed by atoms with van der Waals surface area (Å²) in [6.07, 6.45) is -2.79. The standard InChI is InChI=1S/C27H25N3O5S/c1-17-13-15-21(16-14-17)36-27-24(34-26(32)20-11-7-4-8-12-20)23(22(35-27)18(2)29-30-28)33-25(31)19-9-5-3-6-10-19/h3-16,18,22-24,27H,1-2H3/t18-,22+,23?,24?,27-/m0/s1. The number of nitrogens with zero attached hydrogens (tertiary/aromatic N) is 3. The Labute approximate surface area is 213 Å². The summed E-state index contributed by atoms with van der Waals surface area (Å²) in [7, 11) is 0. The van der Waals surface area contributed by atoms with E-state index in [2.05, 4.69) is 10.0 Å². The maximum Gasteiger partial charge on any atom is 0.338 e. The van der Waals surface area contributed by atoms with Gasteiger partial charge in [0.15, 0.2) is 12.2 Å². The summed E-state index contributed by atoms with van der Waals surface area (Å²) < 4.78 is 18.0. The van der Waals surface area contributed by atoms with Crippen molar-refractivity contribution >= 4 is 23.7 Å². The Bertz CT molecular complexity index is 1230. The monoisotopic (exact) mass is 503 g/mol. The van der Waals surface area contributed by atoms with Gasteiger partial charge in [-0.2, -0.15) is 0 Å². The zero-order valence-electron chi connectivity index (χ0n) is 19.8. The van der Waals surface area contributed by atoms with Crippen LogP contribution in [0.3, 0.4) is 0 Å². The number of azide groups is 1. The molecule has 0 aliphatic carbocycles. The minimum absolute atomic E-state index is 0.343. The fourth-order valence-electron chi connectivity index (χ4n) is 3.82. The first-order valence-electron chi connectivity index (χ1n) is 11.4. The van der Waals surface area contributed by atoms with Crippen LogP contribution in [0.25, 0.3) is 10.4 Å². The van der Waals surface area contributed by atoms with Gasteiger partial charge in [0.05, 0.1) is 17.2 Å². The molecule has 1 saturated heterocycles. The molecule has 1 heterocycles. The van der Waals surface area contributed by atoms with Crippen LogP contribution in [0.15, 0.2) is 94.9 Å². The topological polar surface area (TPSA) is 111 Å². The molecule has 0 N–H and O–H groups in total. The summed E-state index contributed by atoms with van der Waals surface area (Å²) in [5.41, 5.74) is 10.1. The van der Waals surface area contributed by atoms with Gasteiger partial charge in [-0.05, 0) is 48.9 Å². The van der Waals surface area contributed by atoms with Crippen LogP contribution in [0.4, 0.5) is 0 Å². The van der Waals surface area contributed by atoms with Crippen molar-refractivity contribution in [1.29, 1.82) is 0 Å². The second kappa shape index (κ2) is 11.8. The zero-order valence-corrected chi connectivity index (χ0v) is 20.6. The number of aryl methyl sites for hydroxylation is 1. The van der Waals surface area contributed by atoms with E-state index in [9.17, 15) is 9.59 Å². The SMILES string of the molecule is Cc1ccc(S[C@@H]2O[C@H]([C@H](C)N=[N+]=[N-])C(OC(=O)c3ccccc3)C2OC(=O)c2ccccc2)cc1. The van der Waals surface area contributed by atoms with Crippen LogP contribution in [-0.2, 0) is 14.2 Å². The van der Waals surface area contributed by atoms with Gasteiger partial charge < -0.3 is 14.2 Å². The number of carbonyl (C=O) groups is 2. The summed E-state index contributed by atoms with van der Waals surface area (Å²) in [6, 6.07) is 24.2. The van der Waals surface area contributed by atoms with Crippen molar-refractivity contribution in [2.75, 3.05) is 0 Å². The molecule has 0 saturated carbocycles. The van der Waals surface area contributed by atoms with E-state index in [1.54, 1.807) is 67.6 Å². The largest absolute Gasteiger partial charge is 0.452 e. The van der Waals surface area contributed by atoms with Crippen molar-refractivity contribution in [2.45, 2.75) is 48.5 Å². The van der Waals surface area contributed by atoms with Gasteiger partial charge in [-0.3, -0.25) is 0 Å². The Morgan fingerprint density at radius 2 is 1.42 bits per heavy atom. The zero-order chi connectivity index (χ0) is 25.5. The number of rotatable bonds is 8. The normalized spacial score (nSPS) is 21.7. The predicted octanol–water partition coefficient (Wildman–Crippen LogP) is 5.96. The lowest BCUT2D eigenvalue weighted by atomic mass is 10.1. The third-order valence-corrected chi connectivity index (χ3v) is 6.85. The predicted molar refractivity (Wildman–Crippen MR) is 136 cm³/mol. The molecule has 0 spiro atoms. The molecular weight excluding hydrogens is 478 g/mol. The van der Waals surface area contributed by atoms with E-state index in [4.69, 9.17) is 19.7 Å². The van der Waals surface area contributed by atoms with E-state index in [1.807, 2.05) is 31.2 Å². The average Bonchev–Trinajstić information content (AvgIpc) is 3.22. The number of ether oxygens (including phenoxy) is 3. The number of esters is 2. The summed E-state index contributed by atoms with van der Waals surface area (Å²) in [4.78, 5) is 29.8. The molecule has 36 heavy (non-hydrogen) atoms. The molecular formula is C27H25N3O5S. The van der Waals surface area contributed by atoms with Gasteiger partial charge in [-0.25, -0.2) is 9.59 Å². The van der Waals surface area contributed by atoms with Crippen LogP contribution >= 0.6 is 11.8 Å². The van der Waals surface area contributed by atoms with Crippen molar-refractivity contribution in [1.82, 2.24) is 0 Å². The lowest BCUT2D eigenvalue weighted by Crippen LogP contribution is -2.42. The highest BCUT2D eigenvalue weighted by atomic mass is 32.2. The highest BCUT2D eigenvalue weighted by Crippen LogP contribution is 2.39. The smallest absolute Gasteiger partial charge is 0.338 e. The molecule has 0 amide bonds. The molecule has 3 aromatic rings. The summed E-state index contributed by atoms with van der Waals surface area (Å²) in [5.74, 6) is -1.17. The number of hydrogen-bond donors (Lipinski definition) is 0. The minimum atomic E-state index is -1.01. The fraction of sp³-hybridized carbons (Fsp3) is 0.259. The van der Waals surface area contributed by atoms with Gasteiger partial charge in [0.1, 0.15) is 11.5 Å². The van der Waals surface area contributed by atoms with Crippen LogP contribution in [0.5, 0.6) is 0 Å². The van der Waals surface area contributed by atoms with Gasteiger partial charge in [-0.1, -0.05) is 77.9 Å². The Kier molecular flexibility index (Phi) is 8.28. The van der Waals surface area contributed by atoms with E-state index in [0.29, 0.717) is 11.1 Å². The molecule has 1 aliphatic rings. The van der Waals surface area contributed by atoms with Crippen LogP contribution < -0.4 is 0 Å². The highest BCUT2D eigenvalue weighted by Gasteiger charge is 2.52. The molecule has 8 nitrogen and oxygen atoms in total. The van der Waals surface area contributed by atoms with Crippen molar-refractivity contribution in [2.24, 2.45) is 5.11 Å². The molecule has 0 radical (unpaired) electrons. The van der Waals surface area contributed by atoms with Crippen LogP contribution in [0.2, 0.25) is 0 Å². The van der Waals surface area contributed by atoms with Gasteiger partial charge in [0.25, 0.3) is 0 Å². The Balaban J connectivity index is 1.67. The lowest BCUT2D eigenvalue weighted by molar-refractivity contribution is -0.0321. The van der Waals surface area contributed by atoms with Crippen molar-refractivity contribution in [3.8, 4) is 0 Å². The summed E-state index contributed by atoms with van der Waals surface area (Å²) in [6.45, 7) is 3.66. The summed E-state index contributed by atoms with van der Waals surface area (Å²) in [5, 5.41) is 3.78. The number of thioether (sulfide) groups is 1. The third kappa shape index (κ3) is 6.07. The van der Waals surface area contributed by atoms with E-state index < -0.39 is 41.7 Å². The van der Waals surface area contributed by atoms with Crippen molar-refractivity contribution in [3.05, 3.63) is 112 Å². The van der Waals surface area contributed by atoms with Crippen LogP contribution in [0.1, 0.15) is 33.2 Å². The molecule has 3 aromatic carbocycles. The first-order chi connectivity index (χ1) is 17.5. The maximum absolute atomic E-state index is 13.0. The van der Waals surface area contributed by atoms with E-state index in [-0.39, 0.29) is 0 Å². The molecule has 4 rings (SSSR count). The Morgan fingerprint density at radius 1 is 0.889 bits per heavy atom. The molecule has 1 aliphatic heterocycles. The van der Waals surface area contributed by atoms with E-state index >= 15 is 0 Å². The second-order valence-corrected chi connectivity index (χ2v) is 9.49. The first-order valence-corrected chi connectivity index (χ1v) is 12.3.